The van der Waals surface area contributed by atoms with Gasteiger partial charge in [0.15, 0.2) is 0 Å². The summed E-state index contributed by atoms with van der Waals surface area (Å²) in [7, 11) is 0. The number of aryl methyl sites for hydroxylation is 1. The molecule has 0 amide bonds. The van der Waals surface area contributed by atoms with Gasteiger partial charge in [0.1, 0.15) is 11.3 Å². The van der Waals surface area contributed by atoms with Gasteiger partial charge in [0, 0.05) is 30.4 Å². The second kappa shape index (κ2) is 4.95. The van der Waals surface area contributed by atoms with E-state index in [0.29, 0.717) is 0 Å². The molecule has 0 aliphatic heterocycles. The van der Waals surface area contributed by atoms with Gasteiger partial charge in [-0.1, -0.05) is 0 Å². The maximum atomic E-state index is 4.37. The molecule has 0 saturated heterocycles. The minimum atomic E-state index is 0.751. The number of thiazole rings is 1. The summed E-state index contributed by atoms with van der Waals surface area (Å²) in [6.45, 7) is 3.55. The molecule has 0 atom stereocenters. The second-order valence-corrected chi connectivity index (χ2v) is 4.13. The summed E-state index contributed by atoms with van der Waals surface area (Å²) in [5.41, 5.74) is 2.08. The van der Waals surface area contributed by atoms with Crippen molar-refractivity contribution >= 4 is 11.3 Å². The van der Waals surface area contributed by atoms with E-state index in [4.69, 9.17) is 0 Å². The third kappa shape index (κ3) is 3.07. The second-order valence-electron chi connectivity index (χ2n) is 3.19. The van der Waals surface area contributed by atoms with Crippen molar-refractivity contribution in [3.8, 4) is 0 Å². The molecule has 2 aromatic rings. The van der Waals surface area contributed by atoms with Gasteiger partial charge < -0.3 is 5.32 Å². The van der Waals surface area contributed by atoms with Crippen molar-refractivity contribution < 1.29 is 0 Å². The largest absolute Gasteiger partial charge is 0.305 e. The Morgan fingerprint density at radius 3 is 3.00 bits per heavy atom. The Hall–Kier alpha value is -1.33. The van der Waals surface area contributed by atoms with Crippen LogP contribution in [-0.2, 0) is 13.1 Å². The fourth-order valence-corrected chi connectivity index (χ4v) is 1.95. The maximum absolute atomic E-state index is 4.37. The molecule has 0 radical (unpaired) electrons. The lowest BCUT2D eigenvalue weighted by Gasteiger charge is -2.00. The number of rotatable bonds is 4. The minimum absolute atomic E-state index is 0.751. The molecular formula is C10H12N4S. The topological polar surface area (TPSA) is 50.7 Å². The molecule has 0 bridgehead atoms. The number of nitrogens with zero attached hydrogens (tertiary/aromatic N) is 3. The summed E-state index contributed by atoms with van der Waals surface area (Å²) < 4.78 is 0. The molecule has 0 spiro atoms. The van der Waals surface area contributed by atoms with Crippen molar-refractivity contribution in [2.75, 3.05) is 0 Å². The number of nitrogens with one attached hydrogen (secondary N) is 1. The van der Waals surface area contributed by atoms with Gasteiger partial charge in [0.2, 0.25) is 0 Å². The summed E-state index contributed by atoms with van der Waals surface area (Å²) in [5.74, 6) is 0. The van der Waals surface area contributed by atoms with E-state index in [-0.39, 0.29) is 0 Å². The molecule has 2 heterocycles. The zero-order valence-corrected chi connectivity index (χ0v) is 9.29. The Bertz CT molecular complexity index is 412. The normalized spacial score (nSPS) is 10.5. The van der Waals surface area contributed by atoms with Crippen LogP contribution in [0.1, 0.15) is 16.4 Å². The van der Waals surface area contributed by atoms with E-state index >= 15 is 0 Å². The van der Waals surface area contributed by atoms with Crippen molar-refractivity contribution in [3.63, 3.8) is 0 Å². The Morgan fingerprint density at radius 2 is 2.33 bits per heavy atom. The number of hydrogen-bond acceptors (Lipinski definition) is 5. The van der Waals surface area contributed by atoms with Crippen LogP contribution in [-0.4, -0.2) is 15.0 Å². The van der Waals surface area contributed by atoms with Gasteiger partial charge in [-0.05, 0) is 13.0 Å². The van der Waals surface area contributed by atoms with E-state index in [2.05, 4.69) is 25.6 Å². The molecule has 1 N–H and O–H groups in total. The Balaban J connectivity index is 1.80. The summed E-state index contributed by atoms with van der Waals surface area (Å²) in [4.78, 5) is 12.4. The van der Waals surface area contributed by atoms with Crippen LogP contribution in [0.3, 0.4) is 0 Å². The first-order valence-electron chi connectivity index (χ1n) is 4.71. The first-order valence-corrected chi connectivity index (χ1v) is 5.59. The monoisotopic (exact) mass is 220 g/mol. The van der Waals surface area contributed by atoms with E-state index in [9.17, 15) is 0 Å². The van der Waals surface area contributed by atoms with Crippen molar-refractivity contribution in [2.24, 2.45) is 0 Å². The predicted octanol–water partition coefficient (Wildman–Crippen LogP) is 1.53. The quantitative estimate of drug-likeness (QED) is 0.849. The molecule has 0 aliphatic rings. The summed E-state index contributed by atoms with van der Waals surface area (Å²) in [5, 5.41) is 6.46. The van der Waals surface area contributed by atoms with Crippen LogP contribution < -0.4 is 5.32 Å². The average molecular weight is 220 g/mol. The molecule has 4 nitrogen and oxygen atoms in total. The van der Waals surface area contributed by atoms with Crippen LogP contribution in [0.4, 0.5) is 0 Å². The third-order valence-corrected chi connectivity index (χ3v) is 2.86. The van der Waals surface area contributed by atoms with Gasteiger partial charge in [-0.2, -0.15) is 0 Å². The molecule has 5 heteroatoms. The molecule has 2 aromatic heterocycles. The summed E-state index contributed by atoms with van der Waals surface area (Å²) in [6, 6.07) is 1.90. The van der Waals surface area contributed by atoms with Crippen LogP contribution in [0.2, 0.25) is 0 Å². The maximum Gasteiger partial charge on any atom is 0.115 e. The highest BCUT2D eigenvalue weighted by molar-refractivity contribution is 7.09. The molecular weight excluding hydrogens is 208 g/mol. The summed E-state index contributed by atoms with van der Waals surface area (Å²) in [6.07, 6.45) is 3.31. The van der Waals surface area contributed by atoms with Gasteiger partial charge in [-0.15, -0.1) is 11.3 Å². The smallest absolute Gasteiger partial charge is 0.115 e. The van der Waals surface area contributed by atoms with Crippen molar-refractivity contribution in [3.05, 3.63) is 40.4 Å². The fraction of sp³-hybridized carbons (Fsp3) is 0.300. The van der Waals surface area contributed by atoms with Crippen LogP contribution in [0.15, 0.2) is 24.0 Å². The minimum Gasteiger partial charge on any atom is -0.305 e. The van der Waals surface area contributed by atoms with Crippen molar-refractivity contribution in [1.82, 2.24) is 20.3 Å². The highest BCUT2D eigenvalue weighted by Gasteiger charge is 1.98. The number of hydrogen-bond donors (Lipinski definition) is 1. The van der Waals surface area contributed by atoms with Crippen molar-refractivity contribution in [2.45, 2.75) is 20.0 Å². The van der Waals surface area contributed by atoms with Gasteiger partial charge in [-0.25, -0.2) is 15.0 Å². The molecule has 0 aliphatic carbocycles. The SMILES string of the molecule is Cc1csc(CNCc2ccncn2)n1. The molecule has 0 fully saturated rings. The van der Waals surface area contributed by atoms with Crippen LogP contribution in [0.25, 0.3) is 0 Å². The van der Waals surface area contributed by atoms with E-state index in [1.807, 2.05) is 13.0 Å². The number of aromatic nitrogens is 3. The highest BCUT2D eigenvalue weighted by atomic mass is 32.1. The average Bonchev–Trinajstić information content (AvgIpc) is 2.66. The lowest BCUT2D eigenvalue weighted by molar-refractivity contribution is 0.674. The van der Waals surface area contributed by atoms with E-state index in [0.717, 1.165) is 29.5 Å². The van der Waals surface area contributed by atoms with Crippen molar-refractivity contribution in [1.29, 1.82) is 0 Å². The standard InChI is InChI=1S/C10H12N4S/c1-8-6-15-10(14-8)5-12-4-9-2-3-11-7-13-9/h2-3,6-7,12H,4-5H2,1H3. The van der Waals surface area contributed by atoms with E-state index in [1.54, 1.807) is 23.9 Å². The molecule has 15 heavy (non-hydrogen) atoms. The van der Waals surface area contributed by atoms with Gasteiger partial charge in [0.25, 0.3) is 0 Å². The Kier molecular flexibility index (Phi) is 3.37. The molecule has 0 saturated carbocycles. The lowest BCUT2D eigenvalue weighted by Crippen LogP contribution is -2.13. The highest BCUT2D eigenvalue weighted by Crippen LogP contribution is 2.07. The summed E-state index contributed by atoms with van der Waals surface area (Å²) >= 11 is 1.68. The molecule has 0 unspecified atom stereocenters. The first-order chi connectivity index (χ1) is 7.34. The van der Waals surface area contributed by atoms with Crippen LogP contribution in [0, 0.1) is 6.92 Å². The molecule has 2 rings (SSSR count). The Morgan fingerprint density at radius 1 is 1.40 bits per heavy atom. The van der Waals surface area contributed by atoms with Crippen LogP contribution >= 0.6 is 11.3 Å². The molecule has 0 aromatic carbocycles. The van der Waals surface area contributed by atoms with Crippen LogP contribution in [0.5, 0.6) is 0 Å². The predicted molar refractivity (Wildman–Crippen MR) is 59.4 cm³/mol. The zero-order valence-electron chi connectivity index (χ0n) is 8.47. The lowest BCUT2D eigenvalue weighted by atomic mass is 10.4. The Labute approximate surface area is 92.4 Å². The van der Waals surface area contributed by atoms with Gasteiger partial charge in [0.05, 0.1) is 5.69 Å². The van der Waals surface area contributed by atoms with E-state index in [1.165, 1.54) is 0 Å². The fourth-order valence-electron chi connectivity index (χ4n) is 1.20. The molecule has 78 valence electrons. The van der Waals surface area contributed by atoms with Gasteiger partial charge in [-0.3, -0.25) is 0 Å². The first kappa shape index (κ1) is 10.2. The third-order valence-electron chi connectivity index (χ3n) is 1.89. The van der Waals surface area contributed by atoms with E-state index < -0.39 is 0 Å². The zero-order chi connectivity index (χ0) is 10.5. The van der Waals surface area contributed by atoms with Gasteiger partial charge >= 0.3 is 0 Å².